The first kappa shape index (κ1) is 47.1. The van der Waals surface area contributed by atoms with Gasteiger partial charge >= 0.3 is 11.9 Å². The summed E-state index contributed by atoms with van der Waals surface area (Å²) in [7, 11) is 0.695. The van der Waals surface area contributed by atoms with Gasteiger partial charge in [-0.1, -0.05) is 44.0 Å². The van der Waals surface area contributed by atoms with Gasteiger partial charge in [-0.25, -0.2) is 26.4 Å². The highest BCUT2D eigenvalue weighted by atomic mass is 79.9. The molecule has 0 radical (unpaired) electrons. The molecule has 0 unspecified atom stereocenters. The van der Waals surface area contributed by atoms with E-state index in [0.29, 0.717) is 71.5 Å². The van der Waals surface area contributed by atoms with Crippen LogP contribution in [0.25, 0.3) is 0 Å². The van der Waals surface area contributed by atoms with Gasteiger partial charge in [0.25, 0.3) is 0 Å². The molecule has 12 nitrogen and oxygen atoms in total. The summed E-state index contributed by atoms with van der Waals surface area (Å²) >= 11 is 6.68. The molecule has 336 valence electrons. The van der Waals surface area contributed by atoms with Gasteiger partial charge < -0.3 is 19.3 Å². The first-order chi connectivity index (χ1) is 30.5. The van der Waals surface area contributed by atoms with Crippen LogP contribution in [0, 0.1) is 23.7 Å². The van der Waals surface area contributed by atoms with E-state index in [1.54, 1.807) is 93.6 Å². The van der Waals surface area contributed by atoms with Crippen LogP contribution in [0.3, 0.4) is 0 Å². The topological polar surface area (TPSA) is 134 Å². The molecule has 64 heavy (non-hydrogen) atoms. The minimum atomic E-state index is -3.53. The molecule has 0 spiro atoms. The van der Waals surface area contributed by atoms with E-state index in [0.717, 1.165) is 20.3 Å². The zero-order valence-corrected chi connectivity index (χ0v) is 40.7. The molecular weight excluding hydrogens is 984 g/mol. The predicted octanol–water partition coefficient (Wildman–Crippen LogP) is 8.91. The summed E-state index contributed by atoms with van der Waals surface area (Å²) in [5, 5.41) is 0. The number of anilines is 2. The molecule has 0 N–H and O–H groups in total. The molecule has 4 aliphatic rings. The predicted molar refractivity (Wildman–Crippen MR) is 256 cm³/mol. The lowest BCUT2D eigenvalue weighted by molar-refractivity contribution is 0.0626. The van der Waals surface area contributed by atoms with Crippen molar-refractivity contribution in [1.82, 2.24) is 8.61 Å². The van der Waals surface area contributed by atoms with Crippen molar-refractivity contribution in [3.8, 4) is 0 Å². The lowest BCUT2D eigenvalue weighted by Crippen LogP contribution is -2.29. The molecule has 4 atom stereocenters. The van der Waals surface area contributed by atoms with E-state index >= 15 is 0 Å². The number of rotatable bonds is 10. The van der Waals surface area contributed by atoms with E-state index in [9.17, 15) is 26.4 Å². The van der Waals surface area contributed by atoms with Crippen molar-refractivity contribution in [2.45, 2.75) is 22.6 Å². The van der Waals surface area contributed by atoms with Crippen LogP contribution in [-0.4, -0.2) is 91.8 Å². The molecular formula is C48H50Br2N4O8S2. The first-order valence-electron chi connectivity index (χ1n) is 20.7. The molecule has 0 bridgehead atoms. The Morgan fingerprint density at radius 2 is 0.875 bits per heavy atom. The van der Waals surface area contributed by atoms with Crippen molar-refractivity contribution in [1.29, 1.82) is 0 Å². The van der Waals surface area contributed by atoms with E-state index < -0.39 is 32.0 Å². The molecule has 2 heterocycles. The molecule has 2 fully saturated rings. The molecule has 0 saturated carbocycles. The standard InChI is InChI=1S/2C24H25BrN2O4S/c2*1-26(2)21-9-3-17(4-10-21)24(28)31-22-11-5-18-15-27(16-19(18)6-12-22)32(29,30)23-13-7-20(25)8-14-23/h2*3-5,7-14,18-19H,6,15-16H2,1-2H3/t2*18-,19+/m00/s1. The SMILES string of the molecule is CN(C)c1ccc(C(=O)OC2=CC[C@@H]3CN(S(=O)(=O)c4ccc(Br)cc4)C[C@@H]3C=C2)cc1.CN(C)c1ccc(C(=O)OC2=CC[C@@H]3CN(S(=O)(=O)c4ccc(Br)cc4)C[C@@H]3C=C2)cc1. The molecule has 8 rings (SSSR count). The van der Waals surface area contributed by atoms with Crippen molar-refractivity contribution in [3.05, 3.63) is 165 Å². The summed E-state index contributed by atoms with van der Waals surface area (Å²) in [4.78, 5) is 29.6. The summed E-state index contributed by atoms with van der Waals surface area (Å²) in [5.41, 5.74) is 2.98. The van der Waals surface area contributed by atoms with Gasteiger partial charge in [0.2, 0.25) is 20.0 Å². The normalized spacial score (nSPS) is 20.9. The second-order valence-electron chi connectivity index (χ2n) is 16.5. The highest BCUT2D eigenvalue weighted by molar-refractivity contribution is 9.10. The Kier molecular flexibility index (Phi) is 14.8. The van der Waals surface area contributed by atoms with E-state index in [1.165, 1.54) is 0 Å². The summed E-state index contributed by atoms with van der Waals surface area (Å²) in [6.45, 7) is 1.72. The van der Waals surface area contributed by atoms with Crippen molar-refractivity contribution in [2.24, 2.45) is 23.7 Å². The quantitative estimate of drug-likeness (QED) is 0.142. The van der Waals surface area contributed by atoms with Crippen molar-refractivity contribution in [2.75, 3.05) is 64.2 Å². The average Bonchev–Trinajstić information content (AvgIpc) is 3.80. The number of esters is 2. The van der Waals surface area contributed by atoms with Gasteiger partial charge in [-0.05, 0) is 158 Å². The van der Waals surface area contributed by atoms with E-state index in [4.69, 9.17) is 9.47 Å². The Labute approximate surface area is 392 Å². The maximum absolute atomic E-state index is 13.0. The number of hydrogen-bond acceptors (Lipinski definition) is 10. The van der Waals surface area contributed by atoms with Crippen LogP contribution < -0.4 is 9.80 Å². The molecule has 16 heteroatoms. The number of nitrogens with zero attached hydrogens (tertiary/aromatic N) is 4. The monoisotopic (exact) mass is 1030 g/mol. The molecule has 2 saturated heterocycles. The van der Waals surface area contributed by atoms with Crippen molar-refractivity contribution < 1.29 is 35.9 Å². The zero-order valence-electron chi connectivity index (χ0n) is 35.9. The number of ether oxygens (including phenoxy) is 2. The van der Waals surface area contributed by atoms with Gasteiger partial charge in [-0.2, -0.15) is 8.61 Å². The second kappa shape index (κ2) is 20.1. The average molecular weight is 1030 g/mol. The van der Waals surface area contributed by atoms with Crippen LogP contribution >= 0.6 is 31.9 Å². The number of carbonyl (C=O) groups excluding carboxylic acids is 2. The fourth-order valence-electron chi connectivity index (χ4n) is 7.93. The fourth-order valence-corrected chi connectivity index (χ4v) is 11.5. The largest absolute Gasteiger partial charge is 0.423 e. The van der Waals surface area contributed by atoms with Gasteiger partial charge in [-0.15, -0.1) is 0 Å². The molecule has 4 aromatic rings. The van der Waals surface area contributed by atoms with Crippen LogP contribution in [0.5, 0.6) is 0 Å². The highest BCUT2D eigenvalue weighted by Gasteiger charge is 2.40. The fraction of sp³-hybridized carbons (Fsp3) is 0.292. The number of fused-ring (bicyclic) bond motifs is 2. The maximum Gasteiger partial charge on any atom is 0.343 e. The zero-order chi connectivity index (χ0) is 45.8. The summed E-state index contributed by atoms with van der Waals surface area (Å²) in [6, 6.07) is 27.9. The number of sulfonamides is 2. The van der Waals surface area contributed by atoms with Gasteiger partial charge in [0, 0.05) is 74.7 Å². The van der Waals surface area contributed by atoms with Gasteiger partial charge in [0.15, 0.2) is 0 Å². The Balaban J connectivity index is 0.000000191. The molecule has 4 aromatic carbocycles. The van der Waals surface area contributed by atoms with Gasteiger partial charge in [-0.3, -0.25) is 0 Å². The molecule has 0 aromatic heterocycles. The minimum Gasteiger partial charge on any atom is -0.423 e. The summed E-state index contributed by atoms with van der Waals surface area (Å²) in [5.74, 6) is 0.639. The van der Waals surface area contributed by atoms with Crippen LogP contribution in [-0.2, 0) is 29.5 Å². The summed E-state index contributed by atoms with van der Waals surface area (Å²) < 4.78 is 68.0. The third kappa shape index (κ3) is 11.1. The lowest BCUT2D eigenvalue weighted by Gasteiger charge is -2.16. The first-order valence-corrected chi connectivity index (χ1v) is 25.2. The number of hydrogen-bond donors (Lipinski definition) is 0. The third-order valence-corrected chi connectivity index (χ3v) is 16.5. The van der Waals surface area contributed by atoms with Crippen LogP contribution in [0.1, 0.15) is 33.6 Å². The van der Waals surface area contributed by atoms with Crippen molar-refractivity contribution >= 4 is 75.2 Å². The number of benzene rings is 4. The van der Waals surface area contributed by atoms with Crippen LogP contribution in [0.2, 0.25) is 0 Å². The van der Waals surface area contributed by atoms with E-state index in [-0.39, 0.29) is 23.7 Å². The third-order valence-electron chi connectivity index (χ3n) is 11.7. The Morgan fingerprint density at radius 1 is 0.531 bits per heavy atom. The molecule has 0 amide bonds. The Morgan fingerprint density at radius 3 is 1.20 bits per heavy atom. The number of halogens is 2. The lowest BCUT2D eigenvalue weighted by atomic mass is 9.94. The summed E-state index contributed by atoms with van der Waals surface area (Å²) in [6.07, 6.45) is 12.5. The van der Waals surface area contributed by atoms with Crippen molar-refractivity contribution in [3.63, 3.8) is 0 Å². The van der Waals surface area contributed by atoms with Crippen LogP contribution in [0.15, 0.2) is 164 Å². The molecule has 2 aliphatic carbocycles. The second-order valence-corrected chi connectivity index (χ2v) is 22.2. The highest BCUT2D eigenvalue weighted by Crippen LogP contribution is 2.36. The van der Waals surface area contributed by atoms with Gasteiger partial charge in [0.05, 0.1) is 20.9 Å². The molecule has 2 aliphatic heterocycles. The van der Waals surface area contributed by atoms with E-state index in [2.05, 4.69) is 31.9 Å². The van der Waals surface area contributed by atoms with E-state index in [1.807, 2.05) is 86.6 Å². The number of allylic oxidation sites excluding steroid dienone is 4. The Hall–Kier alpha value is -4.84. The Bertz CT molecular complexity index is 2500. The number of carbonyl (C=O) groups is 2. The van der Waals surface area contributed by atoms with Crippen LogP contribution in [0.4, 0.5) is 11.4 Å². The minimum absolute atomic E-state index is 0.0760. The maximum atomic E-state index is 13.0. The smallest absolute Gasteiger partial charge is 0.343 e. The van der Waals surface area contributed by atoms with Gasteiger partial charge in [0.1, 0.15) is 11.5 Å².